The van der Waals surface area contributed by atoms with Crippen molar-refractivity contribution in [2.75, 3.05) is 13.2 Å². The van der Waals surface area contributed by atoms with Gasteiger partial charge in [-0.1, -0.05) is 20.4 Å². The van der Waals surface area contributed by atoms with Gasteiger partial charge in [-0.15, -0.1) is 0 Å². The number of hydrogen-bond donors (Lipinski definition) is 3. The molecule has 170 valence electrons. The minimum atomic E-state index is -0.811. The number of nitrogens with one attached hydrogen (secondary N) is 2. The standard InChI is InChI=1S/C23H32FN3O4/c1-9-17(24)13(2)10-14(3)26-21(30)18-15(4)19(27(8)16(18)5)20(29)22(31)25-11-23(6,7)12-28/h9-10,28H,1,11-12H2,2-8H3,(H,25,31)(H,26,30)/b14-10+,17-13+. The van der Waals surface area contributed by atoms with Gasteiger partial charge in [0.2, 0.25) is 0 Å². The second-order valence-electron chi connectivity index (χ2n) is 8.34. The molecule has 0 saturated heterocycles. The molecule has 1 aromatic rings. The zero-order valence-electron chi connectivity index (χ0n) is 19.3. The number of ketones is 1. The largest absolute Gasteiger partial charge is 0.396 e. The summed E-state index contributed by atoms with van der Waals surface area (Å²) in [7, 11) is 1.60. The van der Waals surface area contributed by atoms with Gasteiger partial charge in [0.25, 0.3) is 17.6 Å². The number of aromatic nitrogens is 1. The third-order valence-corrected chi connectivity index (χ3v) is 5.03. The first-order valence-corrected chi connectivity index (χ1v) is 9.85. The van der Waals surface area contributed by atoms with E-state index in [1.54, 1.807) is 48.6 Å². The van der Waals surface area contributed by atoms with Gasteiger partial charge in [-0.2, -0.15) is 0 Å². The molecule has 7 nitrogen and oxygen atoms in total. The Bertz CT molecular complexity index is 968. The van der Waals surface area contributed by atoms with Crippen LogP contribution in [0, 0.1) is 19.3 Å². The fourth-order valence-electron chi connectivity index (χ4n) is 3.03. The molecule has 0 fully saturated rings. The predicted molar refractivity (Wildman–Crippen MR) is 118 cm³/mol. The minimum Gasteiger partial charge on any atom is -0.396 e. The number of Topliss-reactive ketones (excluding diaryl/α,β-unsaturated/α-hetero) is 1. The zero-order chi connectivity index (χ0) is 24.1. The summed E-state index contributed by atoms with van der Waals surface area (Å²) in [5, 5.41) is 14.5. The lowest BCUT2D eigenvalue weighted by Crippen LogP contribution is -2.40. The molecular weight excluding hydrogens is 401 g/mol. The number of halogens is 1. The van der Waals surface area contributed by atoms with Gasteiger partial charge in [0, 0.05) is 37.0 Å². The number of nitrogens with zero attached hydrogens (tertiary/aromatic N) is 1. The van der Waals surface area contributed by atoms with E-state index in [2.05, 4.69) is 17.2 Å². The molecule has 0 unspecified atom stereocenters. The van der Waals surface area contributed by atoms with Crippen molar-refractivity contribution in [3.05, 3.63) is 58.3 Å². The molecule has 0 aliphatic carbocycles. The van der Waals surface area contributed by atoms with Crippen molar-refractivity contribution in [2.45, 2.75) is 41.5 Å². The van der Waals surface area contributed by atoms with E-state index in [0.29, 0.717) is 22.5 Å². The van der Waals surface area contributed by atoms with Crippen molar-refractivity contribution in [2.24, 2.45) is 12.5 Å². The lowest BCUT2D eigenvalue weighted by atomic mass is 9.95. The van der Waals surface area contributed by atoms with E-state index in [1.165, 1.54) is 10.6 Å². The molecule has 0 saturated carbocycles. The zero-order valence-corrected chi connectivity index (χ0v) is 19.3. The van der Waals surface area contributed by atoms with E-state index < -0.39 is 28.8 Å². The van der Waals surface area contributed by atoms with Gasteiger partial charge in [-0.25, -0.2) is 4.39 Å². The van der Waals surface area contributed by atoms with Crippen molar-refractivity contribution in [3.63, 3.8) is 0 Å². The molecule has 0 atom stereocenters. The van der Waals surface area contributed by atoms with Crippen molar-refractivity contribution in [1.29, 1.82) is 0 Å². The number of rotatable bonds is 9. The summed E-state index contributed by atoms with van der Waals surface area (Å²) in [6.07, 6.45) is 2.56. The molecular formula is C23H32FN3O4. The molecule has 8 heteroatoms. The van der Waals surface area contributed by atoms with Gasteiger partial charge >= 0.3 is 0 Å². The van der Waals surface area contributed by atoms with Gasteiger partial charge in [0.1, 0.15) is 5.83 Å². The topological polar surface area (TPSA) is 100 Å². The molecule has 1 aromatic heterocycles. The quantitative estimate of drug-likeness (QED) is 0.317. The molecule has 1 rings (SSSR count). The van der Waals surface area contributed by atoms with Crippen LogP contribution in [0.4, 0.5) is 4.39 Å². The maximum Gasteiger partial charge on any atom is 0.294 e. The highest BCUT2D eigenvalue weighted by Gasteiger charge is 2.29. The maximum atomic E-state index is 13.6. The third kappa shape index (κ3) is 6.24. The van der Waals surface area contributed by atoms with Gasteiger partial charge in [-0.3, -0.25) is 14.4 Å². The molecule has 3 N–H and O–H groups in total. The van der Waals surface area contributed by atoms with E-state index in [-0.39, 0.29) is 24.4 Å². The maximum absolute atomic E-state index is 13.6. The van der Waals surface area contributed by atoms with Gasteiger partial charge in [0.05, 0.1) is 11.3 Å². The number of amides is 2. The fourth-order valence-corrected chi connectivity index (χ4v) is 3.03. The lowest BCUT2D eigenvalue weighted by molar-refractivity contribution is -0.117. The second-order valence-corrected chi connectivity index (χ2v) is 8.34. The number of carbonyl (C=O) groups excluding carboxylic acids is 3. The van der Waals surface area contributed by atoms with Crippen LogP contribution in [0.5, 0.6) is 0 Å². The third-order valence-electron chi connectivity index (χ3n) is 5.03. The van der Waals surface area contributed by atoms with Crippen LogP contribution in [0.25, 0.3) is 0 Å². The Labute approximate surface area is 182 Å². The monoisotopic (exact) mass is 433 g/mol. The van der Waals surface area contributed by atoms with Crippen molar-refractivity contribution in [1.82, 2.24) is 15.2 Å². The van der Waals surface area contributed by atoms with Gasteiger partial charge in [-0.05, 0) is 51.0 Å². The molecule has 0 bridgehead atoms. The van der Waals surface area contributed by atoms with Crippen LogP contribution in [0.3, 0.4) is 0 Å². The highest BCUT2D eigenvalue weighted by molar-refractivity contribution is 6.43. The van der Waals surface area contributed by atoms with Crippen LogP contribution in [0.2, 0.25) is 0 Å². The van der Waals surface area contributed by atoms with Gasteiger partial charge in [0.15, 0.2) is 0 Å². The molecule has 0 aliphatic rings. The normalized spacial score (nSPS) is 12.9. The van der Waals surface area contributed by atoms with Crippen molar-refractivity contribution in [3.8, 4) is 0 Å². The van der Waals surface area contributed by atoms with E-state index in [0.717, 1.165) is 6.08 Å². The Morgan fingerprint density at radius 3 is 2.32 bits per heavy atom. The molecule has 1 heterocycles. The summed E-state index contributed by atoms with van der Waals surface area (Å²) < 4.78 is 15.1. The fraction of sp³-hybridized carbons (Fsp3) is 0.435. The number of hydrogen-bond acceptors (Lipinski definition) is 4. The van der Waals surface area contributed by atoms with E-state index in [9.17, 15) is 23.9 Å². The summed E-state index contributed by atoms with van der Waals surface area (Å²) in [4.78, 5) is 38.0. The Morgan fingerprint density at radius 1 is 1.23 bits per heavy atom. The first kappa shape index (κ1) is 26.0. The highest BCUT2D eigenvalue weighted by atomic mass is 19.1. The molecule has 0 radical (unpaired) electrons. The van der Waals surface area contributed by atoms with Crippen LogP contribution in [-0.2, 0) is 11.8 Å². The second kappa shape index (κ2) is 10.3. The van der Waals surface area contributed by atoms with E-state index in [4.69, 9.17) is 0 Å². The molecule has 0 aromatic carbocycles. The first-order valence-electron chi connectivity index (χ1n) is 9.85. The van der Waals surface area contributed by atoms with Crippen LogP contribution in [0.15, 0.2) is 35.8 Å². The molecule has 0 spiro atoms. The van der Waals surface area contributed by atoms with Crippen LogP contribution in [-0.4, -0.2) is 40.4 Å². The smallest absolute Gasteiger partial charge is 0.294 e. The van der Waals surface area contributed by atoms with E-state index in [1.807, 2.05) is 0 Å². The Hall–Kier alpha value is -3.00. The SMILES string of the molecule is C=C/C(F)=C(C)\C=C(/C)NC(=O)c1c(C)c(C(=O)C(=O)NCC(C)(C)CO)n(C)c1C. The number of allylic oxidation sites excluding steroid dienone is 5. The minimum absolute atomic E-state index is 0.109. The number of aliphatic hydroxyl groups excluding tert-OH is 1. The summed E-state index contributed by atoms with van der Waals surface area (Å²) in [6, 6.07) is 0. The van der Waals surface area contributed by atoms with E-state index >= 15 is 0 Å². The predicted octanol–water partition coefficient (Wildman–Crippen LogP) is 3.02. The van der Waals surface area contributed by atoms with Crippen LogP contribution < -0.4 is 10.6 Å². The highest BCUT2D eigenvalue weighted by Crippen LogP contribution is 2.22. The Kier molecular flexibility index (Phi) is 8.69. The van der Waals surface area contributed by atoms with Crippen molar-refractivity contribution < 1.29 is 23.9 Å². The molecule has 2 amide bonds. The molecule has 31 heavy (non-hydrogen) atoms. The first-order chi connectivity index (χ1) is 14.3. The average Bonchev–Trinajstić information content (AvgIpc) is 2.93. The average molecular weight is 434 g/mol. The summed E-state index contributed by atoms with van der Waals surface area (Å²) in [6.45, 7) is 13.3. The number of carbonyl (C=O) groups is 3. The number of aliphatic hydroxyl groups is 1. The summed E-state index contributed by atoms with van der Waals surface area (Å²) in [5.74, 6) is -2.54. The lowest BCUT2D eigenvalue weighted by Gasteiger charge is -2.21. The summed E-state index contributed by atoms with van der Waals surface area (Å²) >= 11 is 0. The van der Waals surface area contributed by atoms with Gasteiger partial charge < -0.3 is 20.3 Å². The van der Waals surface area contributed by atoms with Crippen LogP contribution >= 0.6 is 0 Å². The Morgan fingerprint density at radius 2 is 1.81 bits per heavy atom. The van der Waals surface area contributed by atoms with Crippen molar-refractivity contribution >= 4 is 17.6 Å². The summed E-state index contributed by atoms with van der Waals surface area (Å²) in [5.41, 5.74) is 1.43. The molecule has 0 aliphatic heterocycles. The Balaban J connectivity index is 3.18. The van der Waals surface area contributed by atoms with Crippen LogP contribution in [0.1, 0.15) is 59.8 Å².